The summed E-state index contributed by atoms with van der Waals surface area (Å²) in [5.41, 5.74) is 1.03. The van der Waals surface area contributed by atoms with E-state index in [1.54, 1.807) is 54.6 Å². The Balaban J connectivity index is 1.44. The number of amides is 2. The Hall–Kier alpha value is -2.86. The summed E-state index contributed by atoms with van der Waals surface area (Å²) in [7, 11) is -4.11. The van der Waals surface area contributed by atoms with Gasteiger partial charge in [-0.15, -0.1) is 15.7 Å². The largest absolute Gasteiger partial charge is 0.494 e. The van der Waals surface area contributed by atoms with Gasteiger partial charge in [-0.25, -0.2) is 0 Å². The highest BCUT2D eigenvalue weighted by atomic mass is 35.5. The van der Waals surface area contributed by atoms with Crippen LogP contribution in [0, 0.1) is 0 Å². The number of halogens is 1. The van der Waals surface area contributed by atoms with Crippen LogP contribution in [0.5, 0.6) is 5.75 Å². The first-order chi connectivity index (χ1) is 18.8. The molecule has 0 spiro atoms. The highest BCUT2D eigenvalue weighted by Crippen LogP contribution is 2.36. The molecule has 0 aliphatic carbocycles. The van der Waals surface area contributed by atoms with Gasteiger partial charge in [0.1, 0.15) is 15.2 Å². The van der Waals surface area contributed by atoms with Crippen molar-refractivity contribution in [1.82, 2.24) is 0 Å². The molecule has 1 unspecified atom stereocenters. The fourth-order valence-electron chi connectivity index (χ4n) is 3.79. The molecule has 1 fully saturated rings. The van der Waals surface area contributed by atoms with Gasteiger partial charge >= 0.3 is 0 Å². The number of carbonyl (C=O) groups is 2. The first-order valence-corrected chi connectivity index (χ1v) is 16.0. The second-order valence-corrected chi connectivity index (χ2v) is 13.4. The number of rotatable bonds is 12. The zero-order chi connectivity index (χ0) is 27.8. The molecule has 2 heterocycles. The summed E-state index contributed by atoms with van der Waals surface area (Å²) < 4.78 is 35.8. The fourth-order valence-corrected chi connectivity index (χ4v) is 7.59. The van der Waals surface area contributed by atoms with Gasteiger partial charge in [0.25, 0.3) is 10.0 Å². The number of hydrogen-bond donors (Lipinski definition) is 1. The van der Waals surface area contributed by atoms with Gasteiger partial charge < -0.3 is 10.1 Å². The standard InChI is InChI=1S/C27H28ClN3O5S3/c1-2-3-4-8-17-36-21-13-11-19(12-14-21)29-24(32)18-22-26(33)31(20-9-6-5-7-10-20)27(37-22)30-39(34,35)25-16-15-23(28)38-25/h5-7,9-16,22H,2-4,8,17-18H2,1H3,(H,29,32)/b30-27+. The van der Waals surface area contributed by atoms with E-state index in [0.717, 1.165) is 41.7 Å². The van der Waals surface area contributed by atoms with Crippen LogP contribution in [-0.2, 0) is 19.6 Å². The number of hydrogen-bond acceptors (Lipinski definition) is 7. The predicted molar refractivity (Wildman–Crippen MR) is 159 cm³/mol. The van der Waals surface area contributed by atoms with Crippen LogP contribution < -0.4 is 15.0 Å². The number of thiophene rings is 1. The number of nitrogens with one attached hydrogen (secondary N) is 1. The van der Waals surface area contributed by atoms with Crippen molar-refractivity contribution in [1.29, 1.82) is 0 Å². The SMILES string of the molecule is CCCCCCOc1ccc(NC(=O)CC2S/C(=N/S(=O)(=O)c3ccc(Cl)s3)N(c3ccccc3)C2=O)cc1. The average Bonchev–Trinajstić information content (AvgIpc) is 3.48. The number of amidine groups is 1. The Bertz CT molecular complexity index is 1430. The fraction of sp³-hybridized carbons (Fsp3) is 0.296. The number of carbonyl (C=O) groups excluding carboxylic acids is 2. The number of thioether (sulfide) groups is 1. The highest BCUT2D eigenvalue weighted by molar-refractivity contribution is 8.16. The third kappa shape index (κ3) is 7.84. The lowest BCUT2D eigenvalue weighted by Crippen LogP contribution is -2.33. The van der Waals surface area contributed by atoms with Gasteiger partial charge in [0.2, 0.25) is 11.8 Å². The molecule has 206 valence electrons. The molecule has 8 nitrogen and oxygen atoms in total. The van der Waals surface area contributed by atoms with E-state index in [2.05, 4.69) is 16.6 Å². The summed E-state index contributed by atoms with van der Waals surface area (Å²) in [6, 6.07) is 18.5. The molecule has 4 rings (SSSR count). The van der Waals surface area contributed by atoms with Gasteiger partial charge in [-0.1, -0.05) is 67.7 Å². The Morgan fingerprint density at radius 3 is 2.46 bits per heavy atom. The summed E-state index contributed by atoms with van der Waals surface area (Å²) in [6.45, 7) is 2.80. The first-order valence-electron chi connectivity index (χ1n) is 12.5. The molecule has 0 radical (unpaired) electrons. The van der Waals surface area contributed by atoms with Gasteiger partial charge in [-0.2, -0.15) is 8.42 Å². The number of unbranched alkanes of at least 4 members (excludes halogenated alkanes) is 3. The minimum Gasteiger partial charge on any atom is -0.494 e. The van der Waals surface area contributed by atoms with Crippen molar-refractivity contribution in [2.75, 3.05) is 16.8 Å². The number of anilines is 2. The summed E-state index contributed by atoms with van der Waals surface area (Å²) >= 11 is 7.74. The van der Waals surface area contributed by atoms with Crippen LogP contribution in [0.4, 0.5) is 11.4 Å². The van der Waals surface area contributed by atoms with Crippen molar-refractivity contribution in [2.45, 2.75) is 48.5 Å². The minimum atomic E-state index is -4.11. The van der Waals surface area contributed by atoms with Crippen LogP contribution in [0.1, 0.15) is 39.0 Å². The Kier molecular flexibility index (Phi) is 10.1. The molecule has 2 amide bonds. The van der Waals surface area contributed by atoms with Gasteiger partial charge in [-0.05, 0) is 55.0 Å². The average molecular weight is 606 g/mol. The maximum atomic E-state index is 13.4. The van der Waals surface area contributed by atoms with E-state index in [0.29, 0.717) is 22.3 Å². The van der Waals surface area contributed by atoms with Crippen molar-refractivity contribution in [3.8, 4) is 5.75 Å². The zero-order valence-corrected chi connectivity index (χ0v) is 24.4. The molecule has 0 saturated carbocycles. The smallest absolute Gasteiger partial charge is 0.294 e. The second kappa shape index (κ2) is 13.5. The Morgan fingerprint density at radius 1 is 1.05 bits per heavy atom. The number of nitrogens with zero attached hydrogens (tertiary/aromatic N) is 2. The van der Waals surface area contributed by atoms with Gasteiger partial charge in [0.05, 0.1) is 16.6 Å². The molecular weight excluding hydrogens is 578 g/mol. The van der Waals surface area contributed by atoms with Gasteiger partial charge in [0, 0.05) is 12.1 Å². The predicted octanol–water partition coefficient (Wildman–Crippen LogP) is 6.58. The summed E-state index contributed by atoms with van der Waals surface area (Å²) in [6.07, 6.45) is 4.32. The van der Waals surface area contributed by atoms with Crippen molar-refractivity contribution in [2.24, 2.45) is 4.40 Å². The maximum absolute atomic E-state index is 13.4. The third-order valence-electron chi connectivity index (χ3n) is 5.73. The van der Waals surface area contributed by atoms with Crippen molar-refractivity contribution >= 4 is 73.1 Å². The molecule has 0 bridgehead atoms. The number of ether oxygens (including phenoxy) is 1. The van der Waals surface area contributed by atoms with E-state index in [1.807, 2.05) is 0 Å². The third-order valence-corrected chi connectivity index (χ3v) is 9.94. The number of benzene rings is 2. The Morgan fingerprint density at radius 2 is 1.79 bits per heavy atom. The van der Waals surface area contributed by atoms with Crippen LogP contribution in [0.3, 0.4) is 0 Å². The monoisotopic (exact) mass is 605 g/mol. The van der Waals surface area contributed by atoms with Crippen LogP contribution in [-0.4, -0.2) is 37.3 Å². The van der Waals surface area contributed by atoms with E-state index in [9.17, 15) is 18.0 Å². The van der Waals surface area contributed by atoms with E-state index in [-0.39, 0.29) is 21.7 Å². The van der Waals surface area contributed by atoms with Gasteiger partial charge in [-0.3, -0.25) is 14.5 Å². The molecular formula is C27H28ClN3O5S3. The molecule has 2 aromatic carbocycles. The molecule has 39 heavy (non-hydrogen) atoms. The lowest BCUT2D eigenvalue weighted by atomic mass is 10.2. The molecule has 12 heteroatoms. The lowest BCUT2D eigenvalue weighted by Gasteiger charge is -2.16. The molecule has 1 atom stereocenters. The van der Waals surface area contributed by atoms with Crippen LogP contribution in [0.15, 0.2) is 75.3 Å². The number of para-hydroxylation sites is 1. The first kappa shape index (κ1) is 29.1. The number of sulfonamides is 1. The summed E-state index contributed by atoms with van der Waals surface area (Å²) in [5, 5.41) is 1.93. The van der Waals surface area contributed by atoms with E-state index in [1.165, 1.54) is 29.9 Å². The van der Waals surface area contributed by atoms with Gasteiger partial charge in [0.15, 0.2) is 5.17 Å². The molecule has 1 aliphatic rings. The minimum absolute atomic E-state index is 0.0195. The van der Waals surface area contributed by atoms with E-state index in [4.69, 9.17) is 16.3 Å². The normalized spacial score (nSPS) is 16.6. The van der Waals surface area contributed by atoms with Crippen molar-refractivity contribution in [3.05, 3.63) is 71.1 Å². The summed E-state index contributed by atoms with van der Waals surface area (Å²) in [5.74, 6) is -0.0822. The highest BCUT2D eigenvalue weighted by Gasteiger charge is 2.41. The molecule has 1 aromatic heterocycles. The van der Waals surface area contributed by atoms with Crippen molar-refractivity contribution in [3.63, 3.8) is 0 Å². The van der Waals surface area contributed by atoms with Crippen LogP contribution in [0.25, 0.3) is 0 Å². The molecule has 1 aliphatic heterocycles. The molecule has 1 saturated heterocycles. The van der Waals surface area contributed by atoms with Crippen LogP contribution in [0.2, 0.25) is 4.34 Å². The van der Waals surface area contributed by atoms with Crippen LogP contribution >= 0.6 is 34.7 Å². The quantitative estimate of drug-likeness (QED) is 0.234. The topological polar surface area (TPSA) is 105 Å². The zero-order valence-electron chi connectivity index (χ0n) is 21.2. The Labute approximate surface area is 241 Å². The molecule has 1 N–H and O–H groups in total. The second-order valence-electron chi connectivity index (χ2n) is 8.71. The van der Waals surface area contributed by atoms with E-state index >= 15 is 0 Å². The van der Waals surface area contributed by atoms with E-state index < -0.39 is 21.2 Å². The molecule has 3 aromatic rings. The van der Waals surface area contributed by atoms with Crippen molar-refractivity contribution < 1.29 is 22.7 Å². The summed E-state index contributed by atoms with van der Waals surface area (Å²) in [4.78, 5) is 27.4. The lowest BCUT2D eigenvalue weighted by molar-refractivity contribution is -0.121. The maximum Gasteiger partial charge on any atom is 0.294 e.